The van der Waals surface area contributed by atoms with E-state index in [2.05, 4.69) is 26.3 Å². The topological polar surface area (TPSA) is 85.2 Å². The lowest BCUT2D eigenvalue weighted by Gasteiger charge is -2.19. The van der Waals surface area contributed by atoms with E-state index in [1.54, 1.807) is 63.0 Å². The number of thioether (sulfide) groups is 1. The molecule has 160 valence electrons. The largest absolute Gasteiger partial charge is 0.444 e. The summed E-state index contributed by atoms with van der Waals surface area (Å²) >= 11 is 1.79. The Morgan fingerprint density at radius 2 is 2.00 bits per heavy atom. The standard InChI is InChI=1S/C23H24N4O3S/c1-23(2,3)30-22(29)25-17-8-4-6-15(12-17)20(28)26-18-9-11-27-19(18)14-31-21(27)16-7-5-10-24-13-16/h4-13,21H,14H2,1-3H3,(H,25,29)(H,26,28). The van der Waals surface area contributed by atoms with Gasteiger partial charge in [-0.1, -0.05) is 12.1 Å². The normalized spacial score (nSPS) is 15.3. The first-order chi connectivity index (χ1) is 14.8. The van der Waals surface area contributed by atoms with Gasteiger partial charge in [-0.3, -0.25) is 15.1 Å². The van der Waals surface area contributed by atoms with Crippen molar-refractivity contribution in [2.24, 2.45) is 0 Å². The summed E-state index contributed by atoms with van der Waals surface area (Å²) in [4.78, 5) is 29.1. The molecule has 1 aromatic carbocycles. The number of amides is 2. The number of hydrogen-bond donors (Lipinski definition) is 2. The Morgan fingerprint density at radius 3 is 2.74 bits per heavy atom. The Hall–Kier alpha value is -3.26. The predicted octanol–water partition coefficient (Wildman–Crippen LogP) is 5.28. The van der Waals surface area contributed by atoms with Crippen LogP contribution in [0.15, 0.2) is 61.1 Å². The molecule has 8 heteroatoms. The molecule has 7 nitrogen and oxygen atoms in total. The maximum Gasteiger partial charge on any atom is 0.412 e. The fourth-order valence-corrected chi connectivity index (χ4v) is 4.65. The van der Waals surface area contributed by atoms with Crippen molar-refractivity contribution >= 4 is 35.1 Å². The number of rotatable bonds is 4. The quantitative estimate of drug-likeness (QED) is 0.581. The van der Waals surface area contributed by atoms with Gasteiger partial charge in [-0.15, -0.1) is 11.8 Å². The SMILES string of the molecule is CC(C)(C)OC(=O)Nc1cccc(C(=O)Nc2ccn3c2CSC3c2cccnc2)c1. The lowest BCUT2D eigenvalue weighted by atomic mass is 10.2. The third-order valence-electron chi connectivity index (χ3n) is 4.64. The molecular formula is C23H24N4O3S. The van der Waals surface area contributed by atoms with Gasteiger partial charge < -0.3 is 14.6 Å². The molecule has 0 saturated heterocycles. The molecule has 1 aliphatic rings. The molecule has 1 atom stereocenters. The molecule has 0 radical (unpaired) electrons. The summed E-state index contributed by atoms with van der Waals surface area (Å²) in [5, 5.41) is 5.81. The van der Waals surface area contributed by atoms with Crippen LogP contribution in [0.2, 0.25) is 0 Å². The highest BCUT2D eigenvalue weighted by molar-refractivity contribution is 7.99. The van der Waals surface area contributed by atoms with Crippen LogP contribution in [-0.2, 0) is 10.5 Å². The van der Waals surface area contributed by atoms with E-state index < -0.39 is 11.7 Å². The Morgan fingerprint density at radius 1 is 1.16 bits per heavy atom. The van der Waals surface area contributed by atoms with Crippen LogP contribution in [0.4, 0.5) is 16.2 Å². The number of ether oxygens (including phenoxy) is 1. The maximum atomic E-state index is 12.8. The Balaban J connectivity index is 1.46. The molecule has 0 saturated carbocycles. The van der Waals surface area contributed by atoms with Crippen LogP contribution in [0.25, 0.3) is 0 Å². The van der Waals surface area contributed by atoms with Gasteiger partial charge in [0.1, 0.15) is 11.0 Å². The molecule has 0 spiro atoms. The molecule has 3 heterocycles. The third kappa shape index (κ3) is 4.91. The van der Waals surface area contributed by atoms with Crippen molar-refractivity contribution in [2.75, 3.05) is 10.6 Å². The highest BCUT2D eigenvalue weighted by atomic mass is 32.2. The number of pyridine rings is 1. The Kier molecular flexibility index (Phi) is 5.73. The summed E-state index contributed by atoms with van der Waals surface area (Å²) in [5.74, 6) is 0.555. The van der Waals surface area contributed by atoms with Gasteiger partial charge in [0.05, 0.1) is 11.4 Å². The van der Waals surface area contributed by atoms with Gasteiger partial charge in [0.25, 0.3) is 5.91 Å². The molecule has 31 heavy (non-hydrogen) atoms. The van der Waals surface area contributed by atoms with Gasteiger partial charge >= 0.3 is 6.09 Å². The monoisotopic (exact) mass is 436 g/mol. The van der Waals surface area contributed by atoms with Crippen LogP contribution in [0.5, 0.6) is 0 Å². The van der Waals surface area contributed by atoms with E-state index in [1.807, 2.05) is 24.5 Å². The highest BCUT2D eigenvalue weighted by Crippen LogP contribution is 2.43. The number of carbonyl (C=O) groups is 2. The summed E-state index contributed by atoms with van der Waals surface area (Å²) in [6.45, 7) is 5.39. The molecule has 3 aromatic rings. The average molecular weight is 437 g/mol. The minimum atomic E-state index is -0.597. The summed E-state index contributed by atoms with van der Waals surface area (Å²) in [6.07, 6.45) is 5.06. The van der Waals surface area contributed by atoms with E-state index in [0.29, 0.717) is 11.3 Å². The first-order valence-electron chi connectivity index (χ1n) is 9.93. The number of benzene rings is 1. The van der Waals surface area contributed by atoms with Gasteiger partial charge in [0.15, 0.2) is 0 Å². The van der Waals surface area contributed by atoms with Crippen molar-refractivity contribution in [3.8, 4) is 0 Å². The molecule has 1 unspecified atom stereocenters. The summed E-state index contributed by atoms with van der Waals surface area (Å²) < 4.78 is 7.43. The number of carbonyl (C=O) groups excluding carboxylic acids is 2. The second kappa shape index (κ2) is 8.47. The fraction of sp³-hybridized carbons (Fsp3) is 0.261. The van der Waals surface area contributed by atoms with Crippen LogP contribution >= 0.6 is 11.8 Å². The lowest BCUT2D eigenvalue weighted by molar-refractivity contribution is 0.0635. The second-order valence-corrected chi connectivity index (χ2v) is 9.26. The highest BCUT2D eigenvalue weighted by Gasteiger charge is 2.27. The van der Waals surface area contributed by atoms with Crippen LogP contribution in [-0.4, -0.2) is 27.2 Å². The lowest BCUT2D eigenvalue weighted by Crippen LogP contribution is -2.27. The zero-order valence-corrected chi connectivity index (χ0v) is 18.4. The zero-order chi connectivity index (χ0) is 22.0. The molecule has 2 N–H and O–H groups in total. The Bertz CT molecular complexity index is 1110. The van der Waals surface area contributed by atoms with Gasteiger partial charge in [0.2, 0.25) is 0 Å². The molecule has 1 aliphatic heterocycles. The summed E-state index contributed by atoms with van der Waals surface area (Å²) in [5.41, 5.74) is 3.32. The van der Waals surface area contributed by atoms with Gasteiger partial charge in [0, 0.05) is 41.2 Å². The number of fused-ring (bicyclic) bond motifs is 1. The molecule has 0 bridgehead atoms. The molecule has 2 aromatic heterocycles. The Labute approximate surface area is 185 Å². The van der Waals surface area contributed by atoms with Gasteiger partial charge in [-0.25, -0.2) is 4.79 Å². The van der Waals surface area contributed by atoms with Crippen molar-refractivity contribution in [1.29, 1.82) is 0 Å². The molecule has 0 aliphatic carbocycles. The summed E-state index contributed by atoms with van der Waals surface area (Å²) in [7, 11) is 0. The van der Waals surface area contributed by atoms with Crippen molar-refractivity contribution in [1.82, 2.24) is 9.55 Å². The van der Waals surface area contributed by atoms with Crippen molar-refractivity contribution in [2.45, 2.75) is 37.5 Å². The van der Waals surface area contributed by atoms with Crippen LogP contribution in [0.3, 0.4) is 0 Å². The zero-order valence-electron chi connectivity index (χ0n) is 17.6. The summed E-state index contributed by atoms with van der Waals surface area (Å²) in [6, 6.07) is 12.7. The second-order valence-electron chi connectivity index (χ2n) is 8.19. The van der Waals surface area contributed by atoms with Crippen molar-refractivity contribution in [3.05, 3.63) is 77.9 Å². The van der Waals surface area contributed by atoms with E-state index >= 15 is 0 Å². The number of hydrogen-bond acceptors (Lipinski definition) is 5. The minimum absolute atomic E-state index is 0.149. The number of anilines is 2. The van der Waals surface area contributed by atoms with Gasteiger partial charge in [-0.05, 0) is 51.1 Å². The predicted molar refractivity (Wildman–Crippen MR) is 122 cm³/mol. The number of nitrogens with zero attached hydrogens (tertiary/aromatic N) is 2. The average Bonchev–Trinajstić information content (AvgIpc) is 3.30. The molecule has 4 rings (SSSR count). The van der Waals surface area contributed by atoms with Gasteiger partial charge in [-0.2, -0.15) is 0 Å². The minimum Gasteiger partial charge on any atom is -0.444 e. The maximum absolute atomic E-state index is 12.8. The fourth-order valence-electron chi connectivity index (χ4n) is 3.34. The first-order valence-corrected chi connectivity index (χ1v) is 11.0. The van der Waals surface area contributed by atoms with E-state index in [1.165, 1.54) is 0 Å². The number of nitrogens with one attached hydrogen (secondary N) is 2. The third-order valence-corrected chi connectivity index (χ3v) is 5.90. The van der Waals surface area contributed by atoms with E-state index in [0.717, 1.165) is 22.7 Å². The smallest absolute Gasteiger partial charge is 0.412 e. The first kappa shape index (κ1) is 21.0. The van der Waals surface area contributed by atoms with E-state index in [-0.39, 0.29) is 11.3 Å². The molecule has 2 amide bonds. The van der Waals surface area contributed by atoms with E-state index in [9.17, 15) is 9.59 Å². The molecular weight excluding hydrogens is 412 g/mol. The van der Waals surface area contributed by atoms with Crippen LogP contribution in [0.1, 0.15) is 47.8 Å². The van der Waals surface area contributed by atoms with E-state index in [4.69, 9.17) is 4.74 Å². The molecule has 0 fully saturated rings. The van der Waals surface area contributed by atoms with Crippen molar-refractivity contribution in [3.63, 3.8) is 0 Å². The van der Waals surface area contributed by atoms with Crippen molar-refractivity contribution < 1.29 is 14.3 Å². The van der Waals surface area contributed by atoms with Crippen LogP contribution in [0, 0.1) is 0 Å². The number of aromatic nitrogens is 2. The van der Waals surface area contributed by atoms with Crippen LogP contribution < -0.4 is 10.6 Å².